The highest BCUT2D eigenvalue weighted by Gasteiger charge is 2.03. The molecule has 0 heterocycles. The molecule has 2 heteroatoms. The molecule has 1 rings (SSSR count). The van der Waals surface area contributed by atoms with Crippen LogP contribution in [0.1, 0.15) is 34.8 Å². The third-order valence-corrected chi connectivity index (χ3v) is 2.63. The van der Waals surface area contributed by atoms with Gasteiger partial charge in [-0.3, -0.25) is 4.79 Å². The molecule has 0 atom stereocenters. The van der Waals surface area contributed by atoms with Gasteiger partial charge in [0.1, 0.15) is 12.0 Å². The molecule has 16 heavy (non-hydrogen) atoms. The number of carbonyl (C=O) groups is 1. The maximum atomic E-state index is 10.8. The van der Waals surface area contributed by atoms with E-state index in [1.165, 1.54) is 0 Å². The van der Waals surface area contributed by atoms with E-state index in [1.54, 1.807) is 6.07 Å². The summed E-state index contributed by atoms with van der Waals surface area (Å²) in [4.78, 5) is 10.8. The van der Waals surface area contributed by atoms with Crippen LogP contribution in [0.3, 0.4) is 0 Å². The van der Waals surface area contributed by atoms with E-state index in [0.29, 0.717) is 12.0 Å². The van der Waals surface area contributed by atoms with Gasteiger partial charge in [-0.25, -0.2) is 0 Å². The zero-order valence-corrected chi connectivity index (χ0v) is 9.66. The van der Waals surface area contributed by atoms with E-state index in [2.05, 4.69) is 6.58 Å². The van der Waals surface area contributed by atoms with Gasteiger partial charge >= 0.3 is 0 Å². The molecule has 0 aliphatic rings. The van der Waals surface area contributed by atoms with Crippen LogP contribution in [0, 0.1) is 6.92 Å². The number of hydrogen-bond donors (Lipinski definition) is 1. The normalized spacial score (nSPS) is 11.2. The molecule has 84 valence electrons. The maximum absolute atomic E-state index is 10.8. The Bertz CT molecular complexity index is 442. The molecule has 0 amide bonds. The van der Waals surface area contributed by atoms with Gasteiger partial charge in [-0.2, -0.15) is 0 Å². The fourth-order valence-electron chi connectivity index (χ4n) is 1.53. The van der Waals surface area contributed by atoms with Crippen molar-refractivity contribution in [1.29, 1.82) is 0 Å². The molecule has 0 bridgehead atoms. The topological polar surface area (TPSA) is 37.3 Å². The molecule has 0 aliphatic heterocycles. The Kier molecular flexibility index (Phi) is 4.06. The van der Waals surface area contributed by atoms with Gasteiger partial charge < -0.3 is 5.11 Å². The molecule has 0 aliphatic carbocycles. The van der Waals surface area contributed by atoms with Gasteiger partial charge in [0, 0.05) is 5.56 Å². The van der Waals surface area contributed by atoms with Crippen LogP contribution in [0.4, 0.5) is 0 Å². The molecule has 2 nitrogen and oxygen atoms in total. The second-order valence-electron chi connectivity index (χ2n) is 3.65. The minimum absolute atomic E-state index is 0.0819. The summed E-state index contributed by atoms with van der Waals surface area (Å²) in [5, 5.41) is 9.36. The number of carbonyl (C=O) groups excluding carboxylic acids is 1. The number of allylic oxidation sites excluding steroid dienone is 1. The first-order valence-electron chi connectivity index (χ1n) is 5.23. The minimum atomic E-state index is 0.0819. The number of rotatable bonds is 4. The number of aliphatic hydroxyl groups excluding tert-OH is 1. The lowest BCUT2D eigenvalue weighted by molar-refractivity contribution is 0.112. The van der Waals surface area contributed by atoms with Gasteiger partial charge in [0.05, 0.1) is 0 Å². The summed E-state index contributed by atoms with van der Waals surface area (Å²) < 4.78 is 0. The average Bonchev–Trinajstić information content (AvgIpc) is 2.27. The van der Waals surface area contributed by atoms with Gasteiger partial charge in [0.15, 0.2) is 0 Å². The molecular weight excluding hydrogens is 200 g/mol. The second kappa shape index (κ2) is 5.31. The minimum Gasteiger partial charge on any atom is -0.508 e. The average molecular weight is 216 g/mol. The lowest BCUT2D eigenvalue weighted by Gasteiger charge is -2.06. The molecular formula is C14H16O2. The van der Waals surface area contributed by atoms with Crippen LogP contribution in [0.25, 0.3) is 6.08 Å². The van der Waals surface area contributed by atoms with Crippen molar-refractivity contribution < 1.29 is 9.90 Å². The van der Waals surface area contributed by atoms with Crippen molar-refractivity contribution in [2.45, 2.75) is 20.3 Å². The fourth-order valence-corrected chi connectivity index (χ4v) is 1.53. The smallest absolute Gasteiger partial charge is 0.150 e. The maximum Gasteiger partial charge on any atom is 0.150 e. The van der Waals surface area contributed by atoms with Crippen LogP contribution >= 0.6 is 0 Å². The summed E-state index contributed by atoms with van der Waals surface area (Å²) in [6, 6.07) is 5.52. The molecule has 0 spiro atoms. The second-order valence-corrected chi connectivity index (χ2v) is 3.65. The molecule has 0 fully saturated rings. The Morgan fingerprint density at radius 2 is 2.06 bits per heavy atom. The lowest BCUT2D eigenvalue weighted by Crippen LogP contribution is -1.91. The molecule has 1 N–H and O–H groups in total. The van der Waals surface area contributed by atoms with Crippen molar-refractivity contribution in [3.05, 3.63) is 52.8 Å². The molecule has 0 unspecified atom stereocenters. The predicted octanol–water partition coefficient (Wildman–Crippen LogP) is 3.67. The van der Waals surface area contributed by atoms with Crippen LogP contribution in [0.2, 0.25) is 0 Å². The van der Waals surface area contributed by atoms with E-state index in [0.717, 1.165) is 23.0 Å². The molecule has 1 aromatic carbocycles. The van der Waals surface area contributed by atoms with Crippen LogP contribution in [0.15, 0.2) is 36.1 Å². The van der Waals surface area contributed by atoms with E-state index in [4.69, 9.17) is 0 Å². The van der Waals surface area contributed by atoms with E-state index in [9.17, 15) is 9.90 Å². The van der Waals surface area contributed by atoms with E-state index in [-0.39, 0.29) is 5.76 Å². The zero-order chi connectivity index (χ0) is 12.1. The van der Waals surface area contributed by atoms with Crippen LogP contribution in [0.5, 0.6) is 0 Å². The first-order valence-corrected chi connectivity index (χ1v) is 5.23. The highest BCUT2D eigenvalue weighted by atomic mass is 16.3. The van der Waals surface area contributed by atoms with Crippen molar-refractivity contribution in [3.63, 3.8) is 0 Å². The van der Waals surface area contributed by atoms with E-state index in [1.807, 2.05) is 32.1 Å². The summed E-state index contributed by atoms with van der Waals surface area (Å²) in [5.74, 6) is 0.0819. The van der Waals surface area contributed by atoms with Gasteiger partial charge in [0.25, 0.3) is 0 Å². The van der Waals surface area contributed by atoms with Crippen molar-refractivity contribution in [2.24, 2.45) is 0 Å². The fraction of sp³-hybridized carbons (Fsp3) is 0.214. The van der Waals surface area contributed by atoms with Crippen LogP contribution < -0.4 is 0 Å². The Balaban J connectivity index is 3.24. The molecule has 1 aromatic rings. The number of hydrogen-bond acceptors (Lipinski definition) is 2. The Labute approximate surface area is 95.9 Å². The van der Waals surface area contributed by atoms with Gasteiger partial charge in [-0.05, 0) is 36.1 Å². The van der Waals surface area contributed by atoms with Crippen molar-refractivity contribution >= 4 is 12.4 Å². The van der Waals surface area contributed by atoms with E-state index >= 15 is 0 Å². The SMILES string of the molecule is C=C(O)/C(=C/c1cccc(C=O)c1C)CC. The summed E-state index contributed by atoms with van der Waals surface area (Å²) in [5.41, 5.74) is 3.32. The number of aliphatic hydroxyl groups is 1. The summed E-state index contributed by atoms with van der Waals surface area (Å²) in [7, 11) is 0. The number of benzene rings is 1. The van der Waals surface area contributed by atoms with Crippen LogP contribution in [-0.4, -0.2) is 11.4 Å². The van der Waals surface area contributed by atoms with E-state index < -0.39 is 0 Å². The third kappa shape index (κ3) is 2.60. The lowest BCUT2D eigenvalue weighted by atomic mass is 10.00. The standard InChI is InChI=1S/C14H16O2/c1-4-12(11(3)16)8-13-6-5-7-14(9-15)10(13)2/h5-9,16H,3-4H2,1-2H3/b12-8+. The predicted molar refractivity (Wildman–Crippen MR) is 66.6 cm³/mol. The zero-order valence-electron chi connectivity index (χ0n) is 9.66. The first-order chi connectivity index (χ1) is 7.60. The third-order valence-electron chi connectivity index (χ3n) is 2.63. The van der Waals surface area contributed by atoms with Crippen molar-refractivity contribution in [1.82, 2.24) is 0 Å². The van der Waals surface area contributed by atoms with Crippen molar-refractivity contribution in [2.75, 3.05) is 0 Å². The largest absolute Gasteiger partial charge is 0.508 e. The quantitative estimate of drug-likeness (QED) is 0.473. The summed E-state index contributed by atoms with van der Waals surface area (Å²) >= 11 is 0. The number of aldehydes is 1. The van der Waals surface area contributed by atoms with Crippen molar-refractivity contribution in [3.8, 4) is 0 Å². The molecule has 0 radical (unpaired) electrons. The highest BCUT2D eigenvalue weighted by molar-refractivity contribution is 5.80. The highest BCUT2D eigenvalue weighted by Crippen LogP contribution is 2.19. The Morgan fingerprint density at radius 3 is 2.56 bits per heavy atom. The Morgan fingerprint density at radius 1 is 1.44 bits per heavy atom. The molecule has 0 saturated carbocycles. The van der Waals surface area contributed by atoms with Gasteiger partial charge in [-0.15, -0.1) is 0 Å². The first kappa shape index (κ1) is 12.2. The monoisotopic (exact) mass is 216 g/mol. The van der Waals surface area contributed by atoms with Gasteiger partial charge in [-0.1, -0.05) is 31.7 Å². The van der Waals surface area contributed by atoms with Crippen LogP contribution in [-0.2, 0) is 0 Å². The summed E-state index contributed by atoms with van der Waals surface area (Å²) in [6.45, 7) is 7.35. The van der Waals surface area contributed by atoms with Gasteiger partial charge in [0.2, 0.25) is 0 Å². The molecule has 0 saturated heterocycles. The molecule has 0 aromatic heterocycles. The summed E-state index contributed by atoms with van der Waals surface area (Å²) in [6.07, 6.45) is 3.41. The Hall–Kier alpha value is -1.83.